The molecule has 0 saturated carbocycles. The molecule has 0 unspecified atom stereocenters. The zero-order valence-electron chi connectivity index (χ0n) is 19.5. The zero-order chi connectivity index (χ0) is 24.7. The van der Waals surface area contributed by atoms with Crippen molar-refractivity contribution in [1.82, 2.24) is 34.8 Å². The molecule has 0 radical (unpaired) electrons. The van der Waals surface area contributed by atoms with Crippen molar-refractivity contribution in [3.8, 4) is 11.1 Å². The molecule has 2 N–H and O–H groups in total. The van der Waals surface area contributed by atoms with E-state index >= 15 is 0 Å². The topological polar surface area (TPSA) is 108 Å². The minimum absolute atomic E-state index is 0.350. The van der Waals surface area contributed by atoms with Crippen LogP contribution in [0.1, 0.15) is 30.2 Å². The highest BCUT2D eigenvalue weighted by atomic mass is 19.1. The van der Waals surface area contributed by atoms with E-state index in [1.807, 2.05) is 16.9 Å². The van der Waals surface area contributed by atoms with Gasteiger partial charge in [-0.1, -0.05) is 18.2 Å². The van der Waals surface area contributed by atoms with E-state index in [4.69, 9.17) is 0 Å². The number of H-pyrrole nitrogens is 1. The Hall–Kier alpha value is -4.44. The molecule has 0 bridgehead atoms. The van der Waals surface area contributed by atoms with Gasteiger partial charge in [-0.3, -0.25) is 5.10 Å². The molecule has 0 saturated heterocycles. The number of rotatable bonds is 5. The second-order valence-electron chi connectivity index (χ2n) is 8.93. The summed E-state index contributed by atoms with van der Waals surface area (Å²) in [6.07, 6.45) is 13.3. The van der Waals surface area contributed by atoms with Gasteiger partial charge in [-0.25, -0.2) is 23.9 Å². The Morgan fingerprint density at radius 3 is 2.53 bits per heavy atom. The molecule has 6 rings (SSSR count). The maximum absolute atomic E-state index is 13.3. The van der Waals surface area contributed by atoms with E-state index in [9.17, 15) is 9.50 Å². The lowest BCUT2D eigenvalue weighted by atomic mass is 9.90. The predicted molar refractivity (Wildman–Crippen MR) is 132 cm³/mol. The van der Waals surface area contributed by atoms with Crippen molar-refractivity contribution >= 4 is 17.0 Å². The predicted octanol–water partition coefficient (Wildman–Crippen LogP) is 3.60. The second-order valence-corrected chi connectivity index (χ2v) is 8.93. The van der Waals surface area contributed by atoms with Gasteiger partial charge in [0, 0.05) is 54.6 Å². The number of hydrogen-bond acceptors (Lipinski definition) is 7. The summed E-state index contributed by atoms with van der Waals surface area (Å²) in [7, 11) is 0. The van der Waals surface area contributed by atoms with Crippen molar-refractivity contribution in [2.24, 2.45) is 0 Å². The zero-order valence-corrected chi connectivity index (χ0v) is 19.5. The number of nitrogens with one attached hydrogen (secondary N) is 1. The van der Waals surface area contributed by atoms with Gasteiger partial charge < -0.3 is 10.0 Å². The third kappa shape index (κ3) is 3.91. The third-order valence-electron chi connectivity index (χ3n) is 6.64. The number of benzene rings is 1. The molecule has 10 heteroatoms. The Morgan fingerprint density at radius 1 is 1.03 bits per heavy atom. The molecule has 5 heterocycles. The minimum Gasteiger partial charge on any atom is -0.381 e. The second kappa shape index (κ2) is 8.65. The molecule has 4 aromatic heterocycles. The molecule has 0 amide bonds. The van der Waals surface area contributed by atoms with Crippen molar-refractivity contribution in [1.29, 1.82) is 0 Å². The summed E-state index contributed by atoms with van der Waals surface area (Å²) in [5.74, 6) is 0.235. The van der Waals surface area contributed by atoms with E-state index in [0.717, 1.165) is 40.9 Å². The monoisotopic (exact) mass is 482 g/mol. The van der Waals surface area contributed by atoms with Crippen LogP contribution in [0.3, 0.4) is 0 Å². The van der Waals surface area contributed by atoms with Crippen LogP contribution < -0.4 is 4.90 Å². The Kier molecular flexibility index (Phi) is 5.30. The quantitative estimate of drug-likeness (QED) is 0.394. The van der Waals surface area contributed by atoms with Gasteiger partial charge >= 0.3 is 0 Å². The van der Waals surface area contributed by atoms with Crippen molar-refractivity contribution in [3.05, 3.63) is 96.4 Å². The summed E-state index contributed by atoms with van der Waals surface area (Å²) < 4.78 is 15.1. The fourth-order valence-corrected chi connectivity index (χ4v) is 4.49. The van der Waals surface area contributed by atoms with Gasteiger partial charge in [0.05, 0.1) is 17.4 Å². The van der Waals surface area contributed by atoms with Crippen molar-refractivity contribution in [2.75, 3.05) is 18.0 Å². The highest BCUT2D eigenvalue weighted by Crippen LogP contribution is 2.31. The Morgan fingerprint density at radius 2 is 1.83 bits per heavy atom. The van der Waals surface area contributed by atoms with Crippen LogP contribution >= 0.6 is 0 Å². The molecule has 1 atom stereocenters. The molecule has 0 fully saturated rings. The van der Waals surface area contributed by atoms with E-state index in [-0.39, 0.29) is 5.82 Å². The maximum Gasteiger partial charge on any atom is 0.225 e. The van der Waals surface area contributed by atoms with Crippen LogP contribution in [0.2, 0.25) is 0 Å². The minimum atomic E-state index is -1.33. The molecule has 0 spiro atoms. The highest BCUT2D eigenvalue weighted by Gasteiger charge is 2.27. The average molecular weight is 483 g/mol. The first-order chi connectivity index (χ1) is 17.5. The van der Waals surface area contributed by atoms with E-state index in [2.05, 4.69) is 47.3 Å². The van der Waals surface area contributed by atoms with Crippen molar-refractivity contribution in [2.45, 2.75) is 18.9 Å². The molecule has 5 aromatic rings. The lowest BCUT2D eigenvalue weighted by Crippen LogP contribution is -2.30. The lowest BCUT2D eigenvalue weighted by Gasteiger charge is -2.28. The Bertz CT molecular complexity index is 1540. The first-order valence-corrected chi connectivity index (χ1v) is 11.6. The first kappa shape index (κ1) is 22.1. The SMILES string of the molecule is C[C@](O)(c1ccc(F)cc1)c1cnc(N2CC=C(c3ncnn4cc(-c5cn[nH]c5)cc34)CC2)nc1. The highest BCUT2D eigenvalue weighted by molar-refractivity contribution is 5.80. The molecular weight excluding hydrogens is 459 g/mol. The van der Waals surface area contributed by atoms with Crippen LogP contribution in [-0.2, 0) is 5.60 Å². The van der Waals surface area contributed by atoms with Crippen LogP contribution in [0.5, 0.6) is 0 Å². The molecule has 36 heavy (non-hydrogen) atoms. The van der Waals surface area contributed by atoms with Crippen molar-refractivity contribution in [3.63, 3.8) is 0 Å². The Labute approximate surface area is 206 Å². The summed E-state index contributed by atoms with van der Waals surface area (Å²) in [6, 6.07) is 7.85. The number of aromatic nitrogens is 7. The van der Waals surface area contributed by atoms with Crippen LogP contribution in [0.4, 0.5) is 10.3 Å². The summed E-state index contributed by atoms with van der Waals surface area (Å²) in [5, 5.41) is 22.2. The van der Waals surface area contributed by atoms with Gasteiger partial charge in [0.25, 0.3) is 0 Å². The number of aromatic amines is 1. The number of fused-ring (bicyclic) bond motifs is 1. The van der Waals surface area contributed by atoms with E-state index < -0.39 is 5.60 Å². The molecule has 1 aliphatic heterocycles. The number of hydrogen-bond donors (Lipinski definition) is 2. The smallest absolute Gasteiger partial charge is 0.225 e. The summed E-state index contributed by atoms with van der Waals surface area (Å²) >= 11 is 0. The molecule has 180 valence electrons. The maximum atomic E-state index is 13.3. The van der Waals surface area contributed by atoms with Crippen LogP contribution in [0, 0.1) is 5.82 Å². The molecule has 0 aliphatic carbocycles. The van der Waals surface area contributed by atoms with E-state index in [1.165, 1.54) is 12.1 Å². The number of halogens is 1. The standard InChI is InChI=1S/C26H23FN8O/c1-26(36,20-2-4-22(27)5-3-20)21-13-28-25(29-14-21)34-8-6-17(7-9-34)24-23-10-18(19-11-31-32-12-19)15-35(23)33-16-30-24/h2-6,10-16,36H,7-9H2,1H3,(H,31,32)/t26-/m0/s1. The fraction of sp³-hybridized carbons (Fsp3) is 0.192. The van der Waals surface area contributed by atoms with Crippen LogP contribution in [0.15, 0.2) is 73.7 Å². The number of nitrogens with zero attached hydrogens (tertiary/aromatic N) is 7. The van der Waals surface area contributed by atoms with E-state index in [0.29, 0.717) is 23.6 Å². The van der Waals surface area contributed by atoms with E-state index in [1.54, 1.807) is 44.0 Å². The normalized spacial score (nSPS) is 15.6. The number of anilines is 1. The molecule has 9 nitrogen and oxygen atoms in total. The van der Waals surface area contributed by atoms with Gasteiger partial charge in [0.15, 0.2) is 0 Å². The molecular formula is C26H23FN8O. The molecule has 1 aliphatic rings. The Balaban J connectivity index is 1.21. The summed E-state index contributed by atoms with van der Waals surface area (Å²) in [6.45, 7) is 3.01. The van der Waals surface area contributed by atoms with Gasteiger partial charge in [0.1, 0.15) is 17.7 Å². The average Bonchev–Trinajstić information content (AvgIpc) is 3.59. The number of aliphatic hydroxyl groups is 1. The van der Waals surface area contributed by atoms with Crippen LogP contribution in [0.25, 0.3) is 22.2 Å². The largest absolute Gasteiger partial charge is 0.381 e. The van der Waals surface area contributed by atoms with Crippen molar-refractivity contribution < 1.29 is 9.50 Å². The molecule has 1 aromatic carbocycles. The third-order valence-corrected chi connectivity index (χ3v) is 6.64. The van der Waals surface area contributed by atoms with Gasteiger partial charge in [-0.05, 0) is 42.7 Å². The fourth-order valence-electron chi connectivity index (χ4n) is 4.49. The van der Waals surface area contributed by atoms with Crippen LogP contribution in [-0.4, -0.2) is 53.0 Å². The van der Waals surface area contributed by atoms with Gasteiger partial charge in [-0.15, -0.1) is 0 Å². The summed E-state index contributed by atoms with van der Waals surface area (Å²) in [4.78, 5) is 15.7. The van der Waals surface area contributed by atoms with Gasteiger partial charge in [-0.2, -0.15) is 10.2 Å². The first-order valence-electron chi connectivity index (χ1n) is 11.6. The van der Waals surface area contributed by atoms with Gasteiger partial charge in [0.2, 0.25) is 5.95 Å². The lowest BCUT2D eigenvalue weighted by molar-refractivity contribution is 0.101. The summed E-state index contributed by atoms with van der Waals surface area (Å²) in [5.41, 5.74) is 4.79.